The summed E-state index contributed by atoms with van der Waals surface area (Å²) in [7, 11) is 0. The molecule has 1 aliphatic heterocycles. The fraction of sp³-hybridized carbons (Fsp3) is 1.00. The van der Waals surface area contributed by atoms with Gasteiger partial charge in [0.1, 0.15) is 0 Å². The van der Waals surface area contributed by atoms with E-state index in [4.69, 9.17) is 4.74 Å². The number of hydrogen-bond acceptors (Lipinski definition) is 2. The maximum atomic E-state index is 5.85. The van der Waals surface area contributed by atoms with Crippen LogP contribution in [0.1, 0.15) is 46.5 Å². The molecular formula is C13H25NO. The second-order valence-electron chi connectivity index (χ2n) is 5.49. The Morgan fingerprint density at radius 1 is 1.27 bits per heavy atom. The van der Waals surface area contributed by atoms with E-state index in [9.17, 15) is 0 Å². The summed E-state index contributed by atoms with van der Waals surface area (Å²) < 4.78 is 5.85. The van der Waals surface area contributed by atoms with E-state index in [1.807, 2.05) is 0 Å². The summed E-state index contributed by atoms with van der Waals surface area (Å²) in [4.78, 5) is 0. The smallest absolute Gasteiger partial charge is 0.0757 e. The zero-order valence-electron chi connectivity index (χ0n) is 10.3. The third-order valence-corrected chi connectivity index (χ3v) is 3.90. The van der Waals surface area contributed by atoms with E-state index < -0.39 is 0 Å². The Kier molecular flexibility index (Phi) is 3.68. The Morgan fingerprint density at radius 2 is 2.00 bits per heavy atom. The lowest BCUT2D eigenvalue weighted by Crippen LogP contribution is -2.45. The van der Waals surface area contributed by atoms with Crippen LogP contribution in [0.3, 0.4) is 0 Å². The molecule has 1 N–H and O–H groups in total. The molecule has 0 spiro atoms. The van der Waals surface area contributed by atoms with E-state index in [1.54, 1.807) is 0 Å². The average molecular weight is 211 g/mol. The van der Waals surface area contributed by atoms with Gasteiger partial charge in [-0.15, -0.1) is 0 Å². The molecule has 15 heavy (non-hydrogen) atoms. The molecule has 0 radical (unpaired) electrons. The molecule has 0 bridgehead atoms. The first-order valence-corrected chi connectivity index (χ1v) is 6.60. The average Bonchev–Trinajstić information content (AvgIpc) is 2.95. The second-order valence-corrected chi connectivity index (χ2v) is 5.49. The summed E-state index contributed by atoms with van der Waals surface area (Å²) in [5.41, 5.74) is 0. The molecule has 2 nitrogen and oxygen atoms in total. The number of nitrogens with one attached hydrogen (secondary N) is 1. The van der Waals surface area contributed by atoms with E-state index in [0.29, 0.717) is 18.2 Å². The van der Waals surface area contributed by atoms with E-state index in [1.165, 1.54) is 25.7 Å². The topological polar surface area (TPSA) is 21.3 Å². The first-order chi connectivity index (χ1) is 7.22. The quantitative estimate of drug-likeness (QED) is 0.754. The lowest BCUT2D eigenvalue weighted by atomic mass is 9.98. The molecule has 88 valence electrons. The van der Waals surface area contributed by atoms with Crippen LogP contribution in [0.25, 0.3) is 0 Å². The molecule has 2 fully saturated rings. The van der Waals surface area contributed by atoms with Gasteiger partial charge >= 0.3 is 0 Å². The maximum absolute atomic E-state index is 5.85. The maximum Gasteiger partial charge on any atom is 0.0757 e. The third-order valence-electron chi connectivity index (χ3n) is 3.90. The summed E-state index contributed by atoms with van der Waals surface area (Å²) in [5.74, 6) is 1.60. The molecular weight excluding hydrogens is 186 g/mol. The summed E-state index contributed by atoms with van der Waals surface area (Å²) in [6, 6.07) is 1.29. The van der Waals surface area contributed by atoms with Gasteiger partial charge in [0.2, 0.25) is 0 Å². The Morgan fingerprint density at radius 3 is 2.53 bits per heavy atom. The van der Waals surface area contributed by atoms with Crippen LogP contribution in [-0.2, 0) is 4.74 Å². The highest BCUT2D eigenvalue weighted by Gasteiger charge is 2.41. The van der Waals surface area contributed by atoms with Crippen molar-refractivity contribution >= 4 is 0 Å². The van der Waals surface area contributed by atoms with Gasteiger partial charge in [-0.05, 0) is 37.5 Å². The van der Waals surface area contributed by atoms with Gasteiger partial charge in [0.05, 0.1) is 6.10 Å². The molecule has 1 saturated carbocycles. The van der Waals surface area contributed by atoms with Crippen LogP contribution < -0.4 is 5.32 Å². The van der Waals surface area contributed by atoms with E-state index in [2.05, 4.69) is 26.1 Å². The van der Waals surface area contributed by atoms with E-state index in [-0.39, 0.29) is 0 Å². The Bertz CT molecular complexity index is 201. The van der Waals surface area contributed by atoms with Gasteiger partial charge in [-0.2, -0.15) is 0 Å². The highest BCUT2D eigenvalue weighted by molar-refractivity contribution is 4.94. The van der Waals surface area contributed by atoms with Crippen LogP contribution in [0.4, 0.5) is 0 Å². The van der Waals surface area contributed by atoms with Crippen molar-refractivity contribution in [1.82, 2.24) is 5.32 Å². The molecule has 2 heteroatoms. The van der Waals surface area contributed by atoms with Crippen molar-refractivity contribution in [2.24, 2.45) is 11.8 Å². The van der Waals surface area contributed by atoms with Gasteiger partial charge in [0.25, 0.3) is 0 Å². The minimum Gasteiger partial charge on any atom is -0.376 e. The van der Waals surface area contributed by atoms with Crippen LogP contribution in [0, 0.1) is 11.8 Å². The standard InChI is InChI=1S/C13H25NO/c1-4-11(9(2)3)14-12-7-8-15-13(12)10-5-6-10/h9-14H,4-8H2,1-3H3. The van der Waals surface area contributed by atoms with Crippen LogP contribution in [-0.4, -0.2) is 24.8 Å². The molecule has 2 rings (SSSR count). The predicted molar refractivity (Wildman–Crippen MR) is 62.9 cm³/mol. The normalized spacial score (nSPS) is 33.6. The first kappa shape index (κ1) is 11.4. The SMILES string of the molecule is CCC(NC1CCOC1C1CC1)C(C)C. The van der Waals surface area contributed by atoms with E-state index in [0.717, 1.165) is 18.4 Å². The summed E-state index contributed by atoms with van der Waals surface area (Å²) in [6.45, 7) is 7.86. The van der Waals surface area contributed by atoms with Crippen molar-refractivity contribution < 1.29 is 4.74 Å². The van der Waals surface area contributed by atoms with E-state index >= 15 is 0 Å². The van der Waals surface area contributed by atoms with Gasteiger partial charge in [0.15, 0.2) is 0 Å². The molecule has 0 aromatic rings. The van der Waals surface area contributed by atoms with Gasteiger partial charge in [-0.1, -0.05) is 20.8 Å². The van der Waals surface area contributed by atoms with Gasteiger partial charge < -0.3 is 10.1 Å². The Labute approximate surface area is 93.8 Å². The number of hydrogen-bond donors (Lipinski definition) is 1. The molecule has 2 aliphatic rings. The fourth-order valence-electron chi connectivity index (χ4n) is 2.74. The van der Waals surface area contributed by atoms with Crippen molar-refractivity contribution in [2.75, 3.05) is 6.61 Å². The van der Waals surface area contributed by atoms with Crippen molar-refractivity contribution in [2.45, 2.75) is 64.6 Å². The fourth-order valence-corrected chi connectivity index (χ4v) is 2.74. The second kappa shape index (κ2) is 4.84. The molecule has 0 amide bonds. The Balaban J connectivity index is 1.86. The van der Waals surface area contributed by atoms with Crippen molar-refractivity contribution in [1.29, 1.82) is 0 Å². The van der Waals surface area contributed by atoms with Crippen LogP contribution in [0.15, 0.2) is 0 Å². The third kappa shape index (κ3) is 2.73. The zero-order chi connectivity index (χ0) is 10.8. The number of ether oxygens (including phenoxy) is 1. The van der Waals surface area contributed by atoms with Crippen LogP contribution >= 0.6 is 0 Å². The van der Waals surface area contributed by atoms with Crippen molar-refractivity contribution in [3.05, 3.63) is 0 Å². The van der Waals surface area contributed by atoms with Crippen LogP contribution in [0.2, 0.25) is 0 Å². The molecule has 0 aromatic heterocycles. The molecule has 1 aliphatic carbocycles. The first-order valence-electron chi connectivity index (χ1n) is 6.60. The summed E-state index contributed by atoms with van der Waals surface area (Å²) in [5, 5.41) is 3.81. The van der Waals surface area contributed by atoms with Crippen molar-refractivity contribution in [3.63, 3.8) is 0 Å². The van der Waals surface area contributed by atoms with Crippen LogP contribution in [0.5, 0.6) is 0 Å². The number of rotatable bonds is 5. The highest BCUT2D eigenvalue weighted by atomic mass is 16.5. The molecule has 3 unspecified atom stereocenters. The zero-order valence-corrected chi connectivity index (χ0v) is 10.3. The highest BCUT2D eigenvalue weighted by Crippen LogP contribution is 2.39. The molecule has 0 aromatic carbocycles. The Hall–Kier alpha value is -0.0800. The molecule has 1 heterocycles. The van der Waals surface area contributed by atoms with Crippen molar-refractivity contribution in [3.8, 4) is 0 Å². The minimum absolute atomic E-state index is 0.526. The van der Waals surface area contributed by atoms with Gasteiger partial charge in [-0.25, -0.2) is 0 Å². The monoisotopic (exact) mass is 211 g/mol. The predicted octanol–water partition coefficient (Wildman–Crippen LogP) is 2.58. The summed E-state index contributed by atoms with van der Waals surface area (Å²) in [6.07, 6.45) is 5.75. The van der Waals surface area contributed by atoms with Gasteiger partial charge in [0, 0.05) is 18.7 Å². The van der Waals surface area contributed by atoms with Gasteiger partial charge in [-0.3, -0.25) is 0 Å². The molecule has 1 saturated heterocycles. The largest absolute Gasteiger partial charge is 0.376 e. The summed E-state index contributed by atoms with van der Waals surface area (Å²) >= 11 is 0. The molecule has 3 atom stereocenters. The minimum atomic E-state index is 0.526. The lowest BCUT2D eigenvalue weighted by molar-refractivity contribution is 0.0772. The lowest BCUT2D eigenvalue weighted by Gasteiger charge is -2.28.